The van der Waals surface area contributed by atoms with E-state index in [1.807, 2.05) is 13.0 Å². The Morgan fingerprint density at radius 2 is 2.12 bits per heavy atom. The highest BCUT2D eigenvalue weighted by Gasteiger charge is 2.14. The average Bonchev–Trinajstić information content (AvgIpc) is 2.78. The summed E-state index contributed by atoms with van der Waals surface area (Å²) >= 11 is 13.3. The summed E-state index contributed by atoms with van der Waals surface area (Å²) in [5.74, 6) is 0.683. The Balaban J connectivity index is 2.44. The first-order chi connectivity index (χ1) is 8.11. The van der Waals surface area contributed by atoms with E-state index in [4.69, 9.17) is 27.9 Å². The highest BCUT2D eigenvalue weighted by atomic mass is 35.5. The van der Waals surface area contributed by atoms with Crippen LogP contribution in [0.3, 0.4) is 0 Å². The summed E-state index contributed by atoms with van der Waals surface area (Å²) in [4.78, 5) is 0. The second-order valence-electron chi connectivity index (χ2n) is 3.41. The van der Waals surface area contributed by atoms with Gasteiger partial charge in [-0.25, -0.2) is 0 Å². The van der Waals surface area contributed by atoms with E-state index in [-0.39, 0.29) is 5.38 Å². The Hall–Kier alpha value is -0.840. The maximum absolute atomic E-state index is 5.96. The van der Waals surface area contributed by atoms with E-state index in [2.05, 4.69) is 10.2 Å². The van der Waals surface area contributed by atoms with Gasteiger partial charge in [0.05, 0.1) is 18.1 Å². The number of ether oxygens (including phenoxy) is 1. The zero-order chi connectivity index (χ0) is 12.4. The van der Waals surface area contributed by atoms with Crippen LogP contribution in [0.1, 0.15) is 17.3 Å². The Labute approximate surface area is 113 Å². The molecule has 2 rings (SSSR count). The first kappa shape index (κ1) is 12.6. The number of methoxy groups -OCH3 is 1. The van der Waals surface area contributed by atoms with Gasteiger partial charge in [0.15, 0.2) is 5.01 Å². The van der Waals surface area contributed by atoms with Crippen molar-refractivity contribution in [3.05, 3.63) is 28.2 Å². The zero-order valence-electron chi connectivity index (χ0n) is 9.28. The fraction of sp³-hybridized carbons (Fsp3) is 0.273. The molecule has 0 spiro atoms. The number of hydrogen-bond donors (Lipinski definition) is 0. The van der Waals surface area contributed by atoms with Crippen molar-refractivity contribution in [2.45, 2.75) is 12.3 Å². The van der Waals surface area contributed by atoms with Gasteiger partial charge in [0.25, 0.3) is 0 Å². The summed E-state index contributed by atoms with van der Waals surface area (Å²) in [6, 6.07) is 5.41. The van der Waals surface area contributed by atoms with Gasteiger partial charge >= 0.3 is 0 Å². The zero-order valence-corrected chi connectivity index (χ0v) is 11.6. The molecule has 0 aliphatic carbocycles. The first-order valence-corrected chi connectivity index (χ1v) is 6.56. The number of alkyl halides is 1. The summed E-state index contributed by atoms with van der Waals surface area (Å²) in [5.41, 5.74) is 0.873. The van der Waals surface area contributed by atoms with Crippen LogP contribution in [0.5, 0.6) is 5.75 Å². The Morgan fingerprint density at radius 3 is 2.71 bits per heavy atom. The van der Waals surface area contributed by atoms with E-state index >= 15 is 0 Å². The van der Waals surface area contributed by atoms with Gasteiger partial charge in [-0.3, -0.25) is 0 Å². The van der Waals surface area contributed by atoms with Crippen LogP contribution in [0.4, 0.5) is 0 Å². The van der Waals surface area contributed by atoms with E-state index in [0.717, 1.165) is 15.6 Å². The van der Waals surface area contributed by atoms with Crippen molar-refractivity contribution in [2.75, 3.05) is 7.11 Å². The van der Waals surface area contributed by atoms with Gasteiger partial charge in [0, 0.05) is 5.02 Å². The van der Waals surface area contributed by atoms with E-state index in [1.165, 1.54) is 11.3 Å². The Morgan fingerprint density at radius 1 is 1.35 bits per heavy atom. The summed E-state index contributed by atoms with van der Waals surface area (Å²) in [7, 11) is 1.60. The average molecular weight is 289 g/mol. The van der Waals surface area contributed by atoms with Crippen molar-refractivity contribution < 1.29 is 4.74 Å². The minimum atomic E-state index is -0.139. The number of benzene rings is 1. The predicted molar refractivity (Wildman–Crippen MR) is 71.2 cm³/mol. The van der Waals surface area contributed by atoms with E-state index in [0.29, 0.717) is 10.8 Å². The molecule has 3 nitrogen and oxygen atoms in total. The lowest BCUT2D eigenvalue weighted by Gasteiger charge is -2.05. The maximum Gasteiger partial charge on any atom is 0.151 e. The third-order valence-electron chi connectivity index (χ3n) is 2.17. The molecule has 17 heavy (non-hydrogen) atoms. The summed E-state index contributed by atoms with van der Waals surface area (Å²) < 4.78 is 5.27. The molecular weight excluding hydrogens is 279 g/mol. The smallest absolute Gasteiger partial charge is 0.151 e. The van der Waals surface area contributed by atoms with Crippen LogP contribution in [0.15, 0.2) is 18.2 Å². The molecule has 2 aromatic rings. The Bertz CT molecular complexity index is 528. The SMILES string of the molecule is COc1cc(Cl)ccc1-c1nnc(C(C)Cl)s1. The monoisotopic (exact) mass is 288 g/mol. The molecule has 6 heteroatoms. The predicted octanol–water partition coefficient (Wildman–Crippen LogP) is 4.17. The Kier molecular flexibility index (Phi) is 3.86. The van der Waals surface area contributed by atoms with E-state index < -0.39 is 0 Å². The van der Waals surface area contributed by atoms with Crippen LogP contribution in [-0.2, 0) is 0 Å². The number of rotatable bonds is 3. The van der Waals surface area contributed by atoms with Crippen LogP contribution in [0, 0.1) is 0 Å². The largest absolute Gasteiger partial charge is 0.496 e. The highest BCUT2D eigenvalue weighted by molar-refractivity contribution is 7.15. The van der Waals surface area contributed by atoms with Crippen LogP contribution >= 0.6 is 34.5 Å². The molecule has 0 fully saturated rings. The number of aromatic nitrogens is 2. The van der Waals surface area contributed by atoms with Crippen LogP contribution < -0.4 is 4.74 Å². The minimum Gasteiger partial charge on any atom is -0.496 e. The van der Waals surface area contributed by atoms with Gasteiger partial charge in [-0.1, -0.05) is 22.9 Å². The van der Waals surface area contributed by atoms with Crippen molar-refractivity contribution in [2.24, 2.45) is 0 Å². The molecule has 0 saturated heterocycles. The molecule has 0 bridgehead atoms. The molecule has 1 atom stereocenters. The molecular formula is C11H10Cl2N2OS. The van der Waals surface area contributed by atoms with E-state index in [1.54, 1.807) is 19.2 Å². The van der Waals surface area contributed by atoms with Crippen molar-refractivity contribution in [1.29, 1.82) is 0 Å². The van der Waals surface area contributed by atoms with Crippen LogP contribution in [-0.4, -0.2) is 17.3 Å². The van der Waals surface area contributed by atoms with Gasteiger partial charge < -0.3 is 4.74 Å². The molecule has 0 saturated carbocycles. The molecule has 90 valence electrons. The first-order valence-electron chi connectivity index (χ1n) is 4.93. The molecule has 1 unspecified atom stereocenters. The lowest BCUT2D eigenvalue weighted by atomic mass is 10.2. The highest BCUT2D eigenvalue weighted by Crippen LogP contribution is 2.35. The number of nitrogens with zero attached hydrogens (tertiary/aromatic N) is 2. The van der Waals surface area contributed by atoms with Crippen molar-refractivity contribution in [3.63, 3.8) is 0 Å². The fourth-order valence-electron chi connectivity index (χ4n) is 1.35. The molecule has 1 heterocycles. The third-order valence-corrected chi connectivity index (χ3v) is 3.89. The fourth-order valence-corrected chi connectivity index (χ4v) is 2.49. The summed E-state index contributed by atoms with van der Waals surface area (Å²) in [6.45, 7) is 1.87. The molecule has 1 aromatic carbocycles. The molecule has 0 aliphatic heterocycles. The van der Waals surface area contributed by atoms with Crippen LogP contribution in [0.25, 0.3) is 10.6 Å². The number of hydrogen-bond acceptors (Lipinski definition) is 4. The number of halogens is 2. The second-order valence-corrected chi connectivity index (χ2v) is 5.51. The molecule has 0 N–H and O–H groups in total. The standard InChI is InChI=1S/C11H10Cl2N2OS/c1-6(12)10-14-15-11(17-10)8-4-3-7(13)5-9(8)16-2/h3-6H,1-2H3. The maximum atomic E-state index is 5.96. The van der Waals surface area contributed by atoms with E-state index in [9.17, 15) is 0 Å². The van der Waals surface area contributed by atoms with Gasteiger partial charge in [0.2, 0.25) is 0 Å². The molecule has 0 aliphatic rings. The van der Waals surface area contributed by atoms with Crippen LogP contribution in [0.2, 0.25) is 5.02 Å². The quantitative estimate of drug-likeness (QED) is 0.795. The third kappa shape index (κ3) is 2.70. The lowest BCUT2D eigenvalue weighted by Crippen LogP contribution is -1.87. The van der Waals surface area contributed by atoms with Gasteiger partial charge in [0.1, 0.15) is 10.8 Å². The van der Waals surface area contributed by atoms with Gasteiger partial charge in [-0.15, -0.1) is 21.8 Å². The van der Waals surface area contributed by atoms with Crippen molar-refractivity contribution in [3.8, 4) is 16.3 Å². The minimum absolute atomic E-state index is 0.139. The van der Waals surface area contributed by atoms with Gasteiger partial charge in [-0.2, -0.15) is 0 Å². The van der Waals surface area contributed by atoms with Gasteiger partial charge in [-0.05, 0) is 25.1 Å². The summed E-state index contributed by atoms with van der Waals surface area (Å²) in [6.07, 6.45) is 0. The second kappa shape index (κ2) is 5.21. The molecule has 1 aromatic heterocycles. The lowest BCUT2D eigenvalue weighted by molar-refractivity contribution is 0.416. The van der Waals surface area contributed by atoms with Crippen molar-refractivity contribution >= 4 is 34.5 Å². The topological polar surface area (TPSA) is 35.0 Å². The summed E-state index contributed by atoms with van der Waals surface area (Å²) in [5, 5.41) is 10.2. The van der Waals surface area contributed by atoms with Crippen molar-refractivity contribution in [1.82, 2.24) is 10.2 Å². The molecule has 0 radical (unpaired) electrons. The molecule has 0 amide bonds. The normalized spacial score (nSPS) is 12.5.